The second-order valence-electron chi connectivity index (χ2n) is 19.4. The summed E-state index contributed by atoms with van der Waals surface area (Å²) in [6, 6.07) is 5.27. The molecule has 0 nitrogen and oxygen atoms in total. The third-order valence-corrected chi connectivity index (χ3v) is 16.9. The van der Waals surface area contributed by atoms with Gasteiger partial charge in [-0.25, -0.2) is 0 Å². The van der Waals surface area contributed by atoms with Crippen LogP contribution in [0.5, 0.6) is 0 Å². The molecule has 1 aromatic carbocycles. The Morgan fingerprint density at radius 1 is 0.246 bits per heavy atom. The molecule has 0 aromatic heterocycles. The fourth-order valence-electron chi connectivity index (χ4n) is 8.94. The van der Waals surface area contributed by atoms with Crippen molar-refractivity contribution in [1.29, 1.82) is 0 Å². The van der Waals surface area contributed by atoms with Crippen molar-refractivity contribution in [1.82, 2.24) is 0 Å². The third kappa shape index (κ3) is 40.3. The van der Waals surface area contributed by atoms with Crippen LogP contribution in [0.15, 0.2) is 26.8 Å². The lowest BCUT2D eigenvalue weighted by Crippen LogP contribution is -1.95. The molecule has 0 saturated carbocycles. The van der Waals surface area contributed by atoms with E-state index in [1.165, 1.54) is 306 Å². The molecule has 0 fully saturated rings. The zero-order chi connectivity index (χ0) is 43.8. The van der Waals surface area contributed by atoms with E-state index in [1.54, 1.807) is 20.2 Å². The van der Waals surface area contributed by atoms with E-state index < -0.39 is 0 Å². The van der Waals surface area contributed by atoms with Crippen molar-refractivity contribution in [2.24, 2.45) is 0 Å². The highest BCUT2D eigenvalue weighted by Crippen LogP contribution is 2.41. The van der Waals surface area contributed by atoms with Crippen molar-refractivity contribution in [2.45, 2.75) is 331 Å². The van der Waals surface area contributed by atoms with Crippen LogP contribution in [-0.4, -0.2) is 17.3 Å². The molecule has 0 radical (unpaired) electrons. The monoisotopic (exact) mass is 903 g/mol. The Hall–Kier alpha value is 0.270. The molecule has 0 aliphatic carbocycles. The molecule has 3 heteroatoms. The highest BCUT2D eigenvalue weighted by atomic mass is 32.2. The topological polar surface area (TPSA) is 0 Å². The third-order valence-electron chi connectivity index (χ3n) is 13.2. The van der Waals surface area contributed by atoms with E-state index >= 15 is 0 Å². The van der Waals surface area contributed by atoms with Gasteiger partial charge in [-0.05, 0) is 67.1 Å². The molecule has 0 amide bonds. The molecule has 1 rings (SSSR count). The second kappa shape index (κ2) is 49.7. The highest BCUT2D eigenvalue weighted by Gasteiger charge is 2.14. The highest BCUT2D eigenvalue weighted by molar-refractivity contribution is 8.03. The normalized spacial score (nSPS) is 11.7. The first kappa shape index (κ1) is 59.3. The van der Waals surface area contributed by atoms with Gasteiger partial charge in [0.1, 0.15) is 0 Å². The lowest BCUT2D eigenvalue weighted by Gasteiger charge is -2.17. The van der Waals surface area contributed by atoms with Gasteiger partial charge in [0.15, 0.2) is 0 Å². The molecule has 61 heavy (non-hydrogen) atoms. The number of rotatable bonds is 51. The number of aryl methyl sites for hydroxylation is 1. The summed E-state index contributed by atoms with van der Waals surface area (Å²) in [6.07, 6.45) is 64.5. The van der Waals surface area contributed by atoms with Gasteiger partial charge in [0.05, 0.1) is 0 Å². The van der Waals surface area contributed by atoms with Crippen LogP contribution >= 0.6 is 35.3 Å². The predicted octanol–water partition coefficient (Wildman–Crippen LogP) is 22.7. The molecular weight excluding hydrogens is 793 g/mol. The second-order valence-corrected chi connectivity index (χ2v) is 22.7. The van der Waals surface area contributed by atoms with Gasteiger partial charge in [-0.2, -0.15) is 0 Å². The number of hydrogen-bond acceptors (Lipinski definition) is 3. The maximum absolute atomic E-state index is 2.63. The van der Waals surface area contributed by atoms with Crippen LogP contribution in [-0.2, 0) is 6.42 Å². The summed E-state index contributed by atoms with van der Waals surface area (Å²) in [5.74, 6) is 3.89. The van der Waals surface area contributed by atoms with Crippen molar-refractivity contribution in [3.63, 3.8) is 0 Å². The molecule has 0 bridgehead atoms. The summed E-state index contributed by atoms with van der Waals surface area (Å²) in [7, 11) is 0. The van der Waals surface area contributed by atoms with E-state index in [-0.39, 0.29) is 0 Å². The molecule has 0 saturated heterocycles. The SMILES string of the molecule is CCCCCCCCCCCCCCCCSc1cc(CCCC)cc(SCCCCCCCCCCCCCCCC)c1SCCCCCCCCCCCCCCCC. The summed E-state index contributed by atoms with van der Waals surface area (Å²) >= 11 is 6.64. The molecule has 0 N–H and O–H groups in total. The predicted molar refractivity (Wildman–Crippen MR) is 288 cm³/mol. The van der Waals surface area contributed by atoms with Crippen molar-refractivity contribution in [3.8, 4) is 0 Å². The molecule has 0 aliphatic rings. The fraction of sp³-hybridized carbons (Fsp3) is 0.897. The van der Waals surface area contributed by atoms with Gasteiger partial charge in [-0.15, -0.1) is 35.3 Å². The standard InChI is InChI=1S/C58H110S3/c1-5-9-13-16-19-22-25-28-31-34-37-40-43-46-50-59-56-53-55(49-12-8-4)54-57(60-51-47-44-41-38-35-32-29-26-23-20-17-14-10-6-2)58(56)61-52-48-45-42-39-36-33-30-27-24-21-18-15-11-7-3/h53-54H,5-52H2,1-4H3. The smallest absolute Gasteiger partial charge is 0.0344 e. The zero-order valence-electron chi connectivity index (χ0n) is 42.3. The van der Waals surface area contributed by atoms with E-state index in [2.05, 4.69) is 75.1 Å². The average molecular weight is 904 g/mol. The molecule has 1 aromatic rings. The van der Waals surface area contributed by atoms with Gasteiger partial charge >= 0.3 is 0 Å². The van der Waals surface area contributed by atoms with Gasteiger partial charge in [0.2, 0.25) is 0 Å². The molecule has 360 valence electrons. The van der Waals surface area contributed by atoms with Crippen LogP contribution in [0.25, 0.3) is 0 Å². The van der Waals surface area contributed by atoms with Crippen LogP contribution < -0.4 is 0 Å². The quantitative estimate of drug-likeness (QED) is 0.0472. The Morgan fingerprint density at radius 2 is 0.459 bits per heavy atom. The van der Waals surface area contributed by atoms with E-state index in [4.69, 9.17) is 0 Å². The van der Waals surface area contributed by atoms with Crippen molar-refractivity contribution in [3.05, 3.63) is 17.7 Å². The minimum atomic E-state index is 1.25. The molecule has 0 heterocycles. The summed E-state index contributed by atoms with van der Waals surface area (Å²) < 4.78 is 0. The number of unbranched alkanes of at least 4 members (excludes halogenated alkanes) is 40. The summed E-state index contributed by atoms with van der Waals surface area (Å²) in [4.78, 5) is 4.91. The van der Waals surface area contributed by atoms with E-state index in [9.17, 15) is 0 Å². The van der Waals surface area contributed by atoms with E-state index in [0.29, 0.717) is 0 Å². The van der Waals surface area contributed by atoms with Crippen molar-refractivity contribution >= 4 is 35.3 Å². The molecule has 0 atom stereocenters. The summed E-state index contributed by atoms with van der Waals surface area (Å²) in [5, 5.41) is 0. The van der Waals surface area contributed by atoms with Gasteiger partial charge in [-0.1, -0.05) is 285 Å². The van der Waals surface area contributed by atoms with Gasteiger partial charge in [-0.3, -0.25) is 0 Å². The first-order chi connectivity index (χ1) is 30.3. The zero-order valence-corrected chi connectivity index (χ0v) is 44.8. The van der Waals surface area contributed by atoms with Crippen LogP contribution in [0.1, 0.15) is 316 Å². The lowest BCUT2D eigenvalue weighted by atomic mass is 10.0. The molecule has 0 spiro atoms. The molecule has 0 unspecified atom stereocenters. The summed E-state index contributed by atoms with van der Waals surface area (Å²) in [6.45, 7) is 9.32. The maximum atomic E-state index is 2.63. The summed E-state index contributed by atoms with van der Waals surface area (Å²) in [5.41, 5.74) is 1.61. The Kier molecular flexibility index (Phi) is 48.3. The number of benzene rings is 1. The number of thioether (sulfide) groups is 3. The lowest BCUT2D eigenvalue weighted by molar-refractivity contribution is 0.538. The fourth-order valence-corrected chi connectivity index (χ4v) is 12.8. The maximum Gasteiger partial charge on any atom is 0.0344 e. The first-order valence-electron chi connectivity index (χ1n) is 28.3. The van der Waals surface area contributed by atoms with Crippen LogP contribution in [0.3, 0.4) is 0 Å². The molecular formula is C58H110S3. The first-order valence-corrected chi connectivity index (χ1v) is 31.3. The van der Waals surface area contributed by atoms with E-state index in [1.807, 2.05) is 0 Å². The Morgan fingerprint density at radius 3 is 0.705 bits per heavy atom. The average Bonchev–Trinajstić information content (AvgIpc) is 3.27. The van der Waals surface area contributed by atoms with Crippen molar-refractivity contribution in [2.75, 3.05) is 17.3 Å². The van der Waals surface area contributed by atoms with Gasteiger partial charge < -0.3 is 0 Å². The Bertz CT molecular complexity index is 935. The largest absolute Gasteiger partial charge is 0.125 e. The van der Waals surface area contributed by atoms with Crippen LogP contribution in [0.2, 0.25) is 0 Å². The Balaban J connectivity index is 2.54. The number of hydrogen-bond donors (Lipinski definition) is 0. The Labute approximate surface area is 399 Å². The minimum Gasteiger partial charge on any atom is -0.125 e. The van der Waals surface area contributed by atoms with Gasteiger partial charge in [0.25, 0.3) is 0 Å². The van der Waals surface area contributed by atoms with Crippen molar-refractivity contribution < 1.29 is 0 Å². The molecule has 0 aliphatic heterocycles. The van der Waals surface area contributed by atoms with Crippen LogP contribution in [0, 0.1) is 0 Å². The van der Waals surface area contributed by atoms with Gasteiger partial charge in [0, 0.05) is 14.7 Å². The van der Waals surface area contributed by atoms with Crippen LogP contribution in [0.4, 0.5) is 0 Å². The minimum absolute atomic E-state index is 1.25. The van der Waals surface area contributed by atoms with E-state index in [0.717, 1.165) is 0 Å².